The molecule has 1 fully saturated rings. The van der Waals surface area contributed by atoms with E-state index in [9.17, 15) is 27.9 Å². The third-order valence-corrected chi connectivity index (χ3v) is 6.17. The van der Waals surface area contributed by atoms with Gasteiger partial charge in [-0.2, -0.15) is 13.2 Å². The number of halogens is 3. The first-order valence-corrected chi connectivity index (χ1v) is 11.0. The molecule has 1 aliphatic rings. The van der Waals surface area contributed by atoms with Crippen molar-refractivity contribution in [1.29, 1.82) is 0 Å². The number of benzene rings is 1. The molecule has 0 unspecified atom stereocenters. The maximum atomic E-state index is 13.0. The van der Waals surface area contributed by atoms with Gasteiger partial charge in [-0.3, -0.25) is 4.79 Å². The molecule has 0 aliphatic heterocycles. The van der Waals surface area contributed by atoms with Gasteiger partial charge in [0.1, 0.15) is 23.5 Å². The Hall–Kier alpha value is -3.27. The monoisotopic (exact) mass is 474 g/mol. The first-order valence-electron chi connectivity index (χ1n) is 11.0. The topological polar surface area (TPSA) is 108 Å². The fourth-order valence-corrected chi connectivity index (χ4v) is 4.31. The largest absolute Gasteiger partial charge is 0.433 e. The van der Waals surface area contributed by atoms with E-state index in [1.54, 1.807) is 26.0 Å². The normalized spacial score (nSPS) is 19.2. The molecular formula is C24H25F3N4O3. The fraction of sp³-hybridized carbons (Fsp3) is 0.417. The highest BCUT2D eigenvalue weighted by atomic mass is 19.4. The molecule has 0 saturated heterocycles. The highest BCUT2D eigenvalue weighted by Crippen LogP contribution is 2.37. The molecule has 1 aliphatic carbocycles. The van der Waals surface area contributed by atoms with E-state index in [0.717, 1.165) is 49.9 Å². The van der Waals surface area contributed by atoms with Crippen LogP contribution in [-0.4, -0.2) is 32.3 Å². The summed E-state index contributed by atoms with van der Waals surface area (Å²) in [4.78, 5) is 35.1. The molecule has 10 heteroatoms. The van der Waals surface area contributed by atoms with Crippen LogP contribution in [0, 0.1) is 5.92 Å². The SMILES string of the molecule is CC(C)(O)c1cc2nc(C3CCC(C=O)CC3)[nH]c2cc1NC(=O)c1cccc(C(F)(F)F)n1. The molecule has 4 rings (SSSR count). The summed E-state index contributed by atoms with van der Waals surface area (Å²) in [6.07, 6.45) is -0.432. The van der Waals surface area contributed by atoms with Gasteiger partial charge < -0.3 is 20.2 Å². The van der Waals surface area contributed by atoms with Crippen LogP contribution >= 0.6 is 0 Å². The number of rotatable bonds is 5. The lowest BCUT2D eigenvalue weighted by Gasteiger charge is -2.23. The molecular weight excluding hydrogens is 449 g/mol. The number of carbonyl (C=O) groups excluding carboxylic acids is 2. The molecule has 180 valence electrons. The number of imidazole rings is 1. The number of H-pyrrole nitrogens is 1. The van der Waals surface area contributed by atoms with Crippen molar-refractivity contribution in [3.8, 4) is 0 Å². The van der Waals surface area contributed by atoms with Crippen molar-refractivity contribution in [2.24, 2.45) is 5.92 Å². The molecule has 0 radical (unpaired) electrons. The minimum atomic E-state index is -4.68. The highest BCUT2D eigenvalue weighted by Gasteiger charge is 2.33. The number of hydrogen-bond donors (Lipinski definition) is 3. The zero-order valence-corrected chi connectivity index (χ0v) is 18.7. The van der Waals surface area contributed by atoms with Gasteiger partial charge in [0, 0.05) is 23.1 Å². The number of alkyl halides is 3. The number of nitrogens with zero attached hydrogens (tertiary/aromatic N) is 2. The Kier molecular flexibility index (Phi) is 6.20. The summed E-state index contributed by atoms with van der Waals surface area (Å²) in [7, 11) is 0. The number of aldehydes is 1. The van der Waals surface area contributed by atoms with Crippen LogP contribution in [0.4, 0.5) is 18.9 Å². The predicted molar refractivity (Wildman–Crippen MR) is 119 cm³/mol. The summed E-state index contributed by atoms with van der Waals surface area (Å²) in [6, 6.07) is 6.37. The van der Waals surface area contributed by atoms with Crippen molar-refractivity contribution in [1.82, 2.24) is 15.0 Å². The third-order valence-electron chi connectivity index (χ3n) is 6.17. The number of aromatic amines is 1. The Morgan fingerprint density at radius 2 is 1.85 bits per heavy atom. The Morgan fingerprint density at radius 1 is 1.15 bits per heavy atom. The van der Waals surface area contributed by atoms with Crippen LogP contribution in [0.1, 0.15) is 73.0 Å². The van der Waals surface area contributed by atoms with E-state index in [1.165, 1.54) is 6.07 Å². The zero-order valence-electron chi connectivity index (χ0n) is 18.7. The number of fused-ring (bicyclic) bond motifs is 1. The van der Waals surface area contributed by atoms with Gasteiger partial charge in [-0.25, -0.2) is 9.97 Å². The van der Waals surface area contributed by atoms with Crippen LogP contribution in [-0.2, 0) is 16.6 Å². The van der Waals surface area contributed by atoms with Crippen LogP contribution in [0.15, 0.2) is 30.3 Å². The van der Waals surface area contributed by atoms with E-state index in [2.05, 4.69) is 20.3 Å². The molecule has 1 saturated carbocycles. The quantitative estimate of drug-likeness (QED) is 0.455. The maximum Gasteiger partial charge on any atom is 0.433 e. The van der Waals surface area contributed by atoms with E-state index >= 15 is 0 Å². The standard InChI is InChI=1S/C24H25F3N4O3/c1-23(2,34)15-10-18-19(30-21(29-18)14-8-6-13(12-32)7-9-14)11-17(15)31-22(33)16-4-3-5-20(28-16)24(25,26)27/h3-5,10-14,34H,6-9H2,1-2H3,(H,29,30)(H,31,33). The van der Waals surface area contributed by atoms with E-state index in [-0.39, 0.29) is 17.5 Å². The van der Waals surface area contributed by atoms with Crippen molar-refractivity contribution >= 4 is 28.9 Å². The maximum absolute atomic E-state index is 13.0. The van der Waals surface area contributed by atoms with Crippen molar-refractivity contribution in [3.63, 3.8) is 0 Å². The van der Waals surface area contributed by atoms with Crippen LogP contribution in [0.25, 0.3) is 11.0 Å². The number of amides is 1. The molecule has 0 atom stereocenters. The minimum absolute atomic E-state index is 0.0775. The van der Waals surface area contributed by atoms with E-state index in [1.807, 2.05) is 0 Å². The van der Waals surface area contributed by atoms with Gasteiger partial charge in [0.25, 0.3) is 5.91 Å². The summed E-state index contributed by atoms with van der Waals surface area (Å²) in [5.74, 6) is 0.183. The van der Waals surface area contributed by atoms with Gasteiger partial charge in [-0.05, 0) is 63.8 Å². The fourth-order valence-electron chi connectivity index (χ4n) is 4.31. The number of aliphatic hydroxyl groups is 1. The summed E-state index contributed by atoms with van der Waals surface area (Å²) in [5.41, 5.74) is -1.10. The lowest BCUT2D eigenvalue weighted by atomic mass is 9.82. The van der Waals surface area contributed by atoms with Gasteiger partial charge in [-0.1, -0.05) is 6.07 Å². The lowest BCUT2D eigenvalue weighted by molar-refractivity contribution is -0.141. The first-order chi connectivity index (χ1) is 16.0. The lowest BCUT2D eigenvalue weighted by Crippen LogP contribution is -2.22. The van der Waals surface area contributed by atoms with Crippen LogP contribution in [0.2, 0.25) is 0 Å². The highest BCUT2D eigenvalue weighted by molar-refractivity contribution is 6.04. The Balaban J connectivity index is 1.66. The molecule has 1 aromatic carbocycles. The minimum Gasteiger partial charge on any atom is -0.386 e. The summed E-state index contributed by atoms with van der Waals surface area (Å²) in [5, 5.41) is 13.3. The molecule has 7 nitrogen and oxygen atoms in total. The summed E-state index contributed by atoms with van der Waals surface area (Å²) < 4.78 is 39.0. The molecule has 0 spiro atoms. The van der Waals surface area contributed by atoms with Crippen LogP contribution in [0.3, 0.4) is 0 Å². The second-order valence-electron chi connectivity index (χ2n) is 9.20. The van der Waals surface area contributed by atoms with Crippen LogP contribution < -0.4 is 5.32 Å². The van der Waals surface area contributed by atoms with Gasteiger partial charge in [0.05, 0.1) is 16.6 Å². The first kappa shape index (κ1) is 23.9. The number of aromatic nitrogens is 3. The molecule has 3 aromatic rings. The van der Waals surface area contributed by atoms with Crippen LogP contribution in [0.5, 0.6) is 0 Å². The van der Waals surface area contributed by atoms with Gasteiger partial charge in [0.15, 0.2) is 0 Å². The van der Waals surface area contributed by atoms with E-state index in [0.29, 0.717) is 16.6 Å². The average molecular weight is 474 g/mol. The number of anilines is 1. The molecule has 3 N–H and O–H groups in total. The number of carbonyl (C=O) groups is 2. The Bertz CT molecular complexity index is 1220. The third kappa shape index (κ3) is 4.96. The molecule has 34 heavy (non-hydrogen) atoms. The van der Waals surface area contributed by atoms with E-state index in [4.69, 9.17) is 0 Å². The van der Waals surface area contributed by atoms with Crippen molar-refractivity contribution < 1.29 is 27.9 Å². The summed E-state index contributed by atoms with van der Waals surface area (Å²) in [6.45, 7) is 3.08. The van der Waals surface area contributed by atoms with Crippen molar-refractivity contribution in [2.75, 3.05) is 5.32 Å². The average Bonchev–Trinajstić information content (AvgIpc) is 3.20. The Labute approximate surface area is 193 Å². The number of pyridine rings is 1. The molecule has 1 amide bonds. The molecule has 0 bridgehead atoms. The van der Waals surface area contributed by atoms with Gasteiger partial charge in [-0.15, -0.1) is 0 Å². The van der Waals surface area contributed by atoms with Crippen molar-refractivity contribution in [2.45, 2.75) is 57.2 Å². The smallest absolute Gasteiger partial charge is 0.386 e. The zero-order chi connectivity index (χ0) is 24.7. The summed E-state index contributed by atoms with van der Waals surface area (Å²) >= 11 is 0. The second kappa shape index (κ2) is 8.83. The van der Waals surface area contributed by atoms with E-state index < -0.39 is 29.1 Å². The van der Waals surface area contributed by atoms with Gasteiger partial charge >= 0.3 is 6.18 Å². The second-order valence-corrected chi connectivity index (χ2v) is 9.20. The number of hydrogen-bond acceptors (Lipinski definition) is 5. The van der Waals surface area contributed by atoms with Gasteiger partial charge in [0.2, 0.25) is 0 Å². The number of nitrogens with one attached hydrogen (secondary N) is 2. The molecule has 2 heterocycles. The van der Waals surface area contributed by atoms with Crippen molar-refractivity contribution in [3.05, 3.63) is 53.1 Å². The Morgan fingerprint density at radius 3 is 2.47 bits per heavy atom. The predicted octanol–water partition coefficient (Wildman–Crippen LogP) is 4.93. The molecule has 2 aromatic heterocycles.